The molecule has 0 aromatic carbocycles. The summed E-state index contributed by atoms with van der Waals surface area (Å²) in [5, 5.41) is 3.52. The number of hydrogen-bond donors (Lipinski definition) is 1. The first-order valence-corrected chi connectivity index (χ1v) is 5.99. The molecule has 0 saturated carbocycles. The van der Waals surface area contributed by atoms with Crippen LogP contribution < -0.4 is 5.32 Å². The van der Waals surface area contributed by atoms with Crippen molar-refractivity contribution in [3.8, 4) is 0 Å². The highest BCUT2D eigenvalue weighted by atomic mass is 15.0. The van der Waals surface area contributed by atoms with Gasteiger partial charge in [0.05, 0.1) is 11.7 Å². The highest BCUT2D eigenvalue weighted by molar-refractivity contribution is 5.48. The number of aromatic nitrogens is 2. The minimum absolute atomic E-state index is 0.618. The van der Waals surface area contributed by atoms with E-state index >= 15 is 0 Å². The van der Waals surface area contributed by atoms with Crippen LogP contribution in [0.2, 0.25) is 0 Å². The van der Waals surface area contributed by atoms with Gasteiger partial charge >= 0.3 is 0 Å². The van der Waals surface area contributed by atoms with Crippen molar-refractivity contribution in [3.63, 3.8) is 0 Å². The van der Waals surface area contributed by atoms with Crippen molar-refractivity contribution < 1.29 is 0 Å². The third-order valence-electron chi connectivity index (χ3n) is 3.36. The average molecular weight is 215 g/mol. The third-order valence-corrected chi connectivity index (χ3v) is 3.36. The summed E-state index contributed by atoms with van der Waals surface area (Å²) in [5.41, 5.74) is 2.49. The lowest BCUT2D eigenvalue weighted by Crippen LogP contribution is -2.24. The zero-order valence-corrected chi connectivity index (χ0v) is 9.61. The van der Waals surface area contributed by atoms with E-state index in [4.69, 9.17) is 0 Å². The molecule has 1 N–H and O–H groups in total. The van der Waals surface area contributed by atoms with E-state index < -0.39 is 0 Å². The molecule has 2 aromatic heterocycles. The number of aryl methyl sites for hydroxylation is 1. The molecule has 1 atom stereocenters. The molecule has 0 aliphatic carbocycles. The summed E-state index contributed by atoms with van der Waals surface area (Å²) in [6.07, 6.45) is 7.71. The van der Waals surface area contributed by atoms with Crippen molar-refractivity contribution in [2.75, 3.05) is 6.54 Å². The number of fused-ring (bicyclic) bond motifs is 1. The second kappa shape index (κ2) is 3.91. The van der Waals surface area contributed by atoms with E-state index in [1.807, 2.05) is 6.20 Å². The first kappa shape index (κ1) is 9.85. The van der Waals surface area contributed by atoms with Crippen LogP contribution in [0.15, 0.2) is 24.5 Å². The summed E-state index contributed by atoms with van der Waals surface area (Å²) in [6, 6.07) is 4.94. The second-order valence-corrected chi connectivity index (χ2v) is 4.67. The van der Waals surface area contributed by atoms with Gasteiger partial charge in [-0.3, -0.25) is 0 Å². The molecule has 3 nitrogen and oxygen atoms in total. The SMILES string of the molecule is Cc1ccn2c(CC3CCCN3)ncc2c1. The van der Waals surface area contributed by atoms with Crippen molar-refractivity contribution in [1.82, 2.24) is 14.7 Å². The molecule has 0 spiro atoms. The summed E-state index contributed by atoms with van der Waals surface area (Å²) < 4.78 is 2.20. The molecule has 16 heavy (non-hydrogen) atoms. The standard InChI is InChI=1S/C13H17N3/c1-10-4-6-16-12(7-10)9-15-13(16)8-11-3-2-5-14-11/h4,6-7,9,11,14H,2-3,5,8H2,1H3. The molecule has 1 unspecified atom stereocenters. The van der Waals surface area contributed by atoms with Crippen LogP contribution in [0, 0.1) is 6.92 Å². The number of nitrogens with one attached hydrogen (secondary N) is 1. The van der Waals surface area contributed by atoms with Gasteiger partial charge in [0.25, 0.3) is 0 Å². The largest absolute Gasteiger partial charge is 0.314 e. The number of hydrogen-bond acceptors (Lipinski definition) is 2. The van der Waals surface area contributed by atoms with Crippen LogP contribution in [-0.4, -0.2) is 22.0 Å². The normalized spacial score (nSPS) is 20.7. The number of nitrogens with zero attached hydrogens (tertiary/aromatic N) is 2. The van der Waals surface area contributed by atoms with Gasteiger partial charge in [-0.1, -0.05) is 0 Å². The van der Waals surface area contributed by atoms with Crippen molar-refractivity contribution in [2.24, 2.45) is 0 Å². The van der Waals surface area contributed by atoms with Crippen molar-refractivity contribution in [3.05, 3.63) is 35.9 Å². The Morgan fingerprint density at radius 1 is 1.56 bits per heavy atom. The van der Waals surface area contributed by atoms with Gasteiger partial charge in [0.15, 0.2) is 0 Å². The van der Waals surface area contributed by atoms with E-state index in [9.17, 15) is 0 Å². The van der Waals surface area contributed by atoms with Gasteiger partial charge in [-0.2, -0.15) is 0 Å². The first-order valence-electron chi connectivity index (χ1n) is 5.99. The predicted octanol–water partition coefficient (Wildman–Crippen LogP) is 1.94. The summed E-state index contributed by atoms with van der Waals surface area (Å²) in [6.45, 7) is 3.28. The Morgan fingerprint density at radius 2 is 2.50 bits per heavy atom. The van der Waals surface area contributed by atoms with E-state index in [0.717, 1.165) is 13.0 Å². The third kappa shape index (κ3) is 1.71. The Balaban J connectivity index is 1.91. The molecule has 3 heterocycles. The fraction of sp³-hybridized carbons (Fsp3) is 0.462. The highest BCUT2D eigenvalue weighted by Crippen LogP contribution is 2.14. The van der Waals surface area contributed by atoms with Gasteiger partial charge in [0, 0.05) is 18.7 Å². The average Bonchev–Trinajstić information content (AvgIpc) is 2.89. The van der Waals surface area contributed by atoms with E-state index in [-0.39, 0.29) is 0 Å². The summed E-state index contributed by atoms with van der Waals surface area (Å²) in [7, 11) is 0. The van der Waals surface area contributed by atoms with Gasteiger partial charge in [0.2, 0.25) is 0 Å². The fourth-order valence-corrected chi connectivity index (χ4v) is 2.47. The lowest BCUT2D eigenvalue weighted by molar-refractivity contribution is 0.584. The molecule has 1 aliphatic rings. The lowest BCUT2D eigenvalue weighted by Gasteiger charge is -2.08. The zero-order chi connectivity index (χ0) is 11.0. The van der Waals surface area contributed by atoms with Gasteiger partial charge in [-0.05, 0) is 44.0 Å². The van der Waals surface area contributed by atoms with Gasteiger partial charge < -0.3 is 9.72 Å². The Labute approximate surface area is 95.5 Å². The molecule has 84 valence electrons. The Bertz CT molecular complexity index is 495. The van der Waals surface area contributed by atoms with Gasteiger partial charge in [-0.25, -0.2) is 4.98 Å². The molecular formula is C13H17N3. The number of pyridine rings is 1. The molecular weight excluding hydrogens is 198 g/mol. The molecule has 0 bridgehead atoms. The zero-order valence-electron chi connectivity index (χ0n) is 9.61. The van der Waals surface area contributed by atoms with Crippen molar-refractivity contribution >= 4 is 5.52 Å². The second-order valence-electron chi connectivity index (χ2n) is 4.67. The minimum Gasteiger partial charge on any atom is -0.314 e. The minimum atomic E-state index is 0.618. The smallest absolute Gasteiger partial charge is 0.114 e. The molecule has 3 rings (SSSR count). The quantitative estimate of drug-likeness (QED) is 0.829. The van der Waals surface area contributed by atoms with Crippen LogP contribution in [0.5, 0.6) is 0 Å². The number of imidazole rings is 1. The summed E-state index contributed by atoms with van der Waals surface area (Å²) in [5.74, 6) is 1.18. The monoisotopic (exact) mass is 215 g/mol. The Morgan fingerprint density at radius 3 is 3.31 bits per heavy atom. The molecule has 1 aliphatic heterocycles. The van der Waals surface area contributed by atoms with Gasteiger partial charge in [0.1, 0.15) is 5.82 Å². The van der Waals surface area contributed by atoms with Gasteiger partial charge in [-0.15, -0.1) is 0 Å². The maximum Gasteiger partial charge on any atom is 0.114 e. The fourth-order valence-electron chi connectivity index (χ4n) is 2.47. The lowest BCUT2D eigenvalue weighted by atomic mass is 10.1. The van der Waals surface area contributed by atoms with Crippen LogP contribution in [0.4, 0.5) is 0 Å². The molecule has 1 saturated heterocycles. The van der Waals surface area contributed by atoms with Crippen LogP contribution in [0.3, 0.4) is 0 Å². The van der Waals surface area contributed by atoms with E-state index in [0.29, 0.717) is 6.04 Å². The van der Waals surface area contributed by atoms with Crippen molar-refractivity contribution in [1.29, 1.82) is 0 Å². The molecule has 0 amide bonds. The molecule has 0 radical (unpaired) electrons. The van der Waals surface area contributed by atoms with E-state index in [2.05, 4.69) is 40.0 Å². The maximum absolute atomic E-state index is 4.52. The molecule has 2 aromatic rings. The Kier molecular flexibility index (Phi) is 2.40. The molecule has 1 fully saturated rings. The Hall–Kier alpha value is -1.35. The van der Waals surface area contributed by atoms with Crippen LogP contribution >= 0.6 is 0 Å². The summed E-state index contributed by atoms with van der Waals surface area (Å²) >= 11 is 0. The molecule has 3 heteroatoms. The van der Waals surface area contributed by atoms with E-state index in [1.54, 1.807) is 0 Å². The van der Waals surface area contributed by atoms with Crippen molar-refractivity contribution in [2.45, 2.75) is 32.2 Å². The van der Waals surface area contributed by atoms with E-state index in [1.165, 1.54) is 29.7 Å². The highest BCUT2D eigenvalue weighted by Gasteiger charge is 2.16. The number of rotatable bonds is 2. The maximum atomic E-state index is 4.52. The van der Waals surface area contributed by atoms with Crippen LogP contribution in [0.1, 0.15) is 24.2 Å². The van der Waals surface area contributed by atoms with Crippen LogP contribution in [0.25, 0.3) is 5.52 Å². The topological polar surface area (TPSA) is 29.3 Å². The predicted molar refractivity (Wildman–Crippen MR) is 64.7 cm³/mol. The summed E-state index contributed by atoms with van der Waals surface area (Å²) in [4.78, 5) is 4.52. The first-order chi connectivity index (χ1) is 7.83. The van der Waals surface area contributed by atoms with Crippen LogP contribution in [-0.2, 0) is 6.42 Å².